The molecule has 5 atom stereocenters. The average molecular weight is 1550 g/mol. The van der Waals surface area contributed by atoms with Crippen LogP contribution in [0.4, 0.5) is 0 Å². The fourth-order valence-electron chi connectivity index (χ4n) is 10.6. The molecule has 0 aromatic heterocycles. The van der Waals surface area contributed by atoms with E-state index in [-0.39, 0.29) is 25.7 Å². The zero-order chi connectivity index (χ0) is 78.9. The van der Waals surface area contributed by atoms with Gasteiger partial charge in [-0.15, -0.1) is 0 Å². The Bertz CT molecular complexity index is 2660. The van der Waals surface area contributed by atoms with Crippen molar-refractivity contribution in [2.75, 3.05) is 39.6 Å². The van der Waals surface area contributed by atoms with Crippen LogP contribution in [0, 0.1) is 0 Å². The standard InChI is InChI=1S/C89H148O17P2/c1-5-9-13-17-21-25-29-33-37-39-41-43-47-50-54-58-62-66-70-74-87(92)100-80-85(106-89(94)76-72-68-64-60-56-52-48-44-42-40-38-34-30-26-22-18-14-10-6-2)82-104-108(97,98)102-78-83(90)77-101-107(95,96)103-81-84(105-88(93)75-71-67-63-59-55-51-46-36-32-28-24-20-16-12-8-4)79-99-86(91)73-69-65-61-57-53-49-45-35-31-27-23-19-15-11-7-3/h11,15,21-28,33-38,41-46,53,57,65,69,83-85,90H,5-10,12-14,16-20,29-32,39-40,47-52,54-56,58-64,66-68,70-82H2,1-4H3,(H,95,96)(H,97,98)/b15-11-,25-21-,26-22-,27-23-,28-24-,37-33-,38-34-,43-41-,44-42-,45-35-,46-36-,57-53-,69-65-. The Morgan fingerprint density at radius 3 is 0.824 bits per heavy atom. The van der Waals surface area contributed by atoms with E-state index in [1.54, 1.807) is 6.08 Å². The van der Waals surface area contributed by atoms with Crippen LogP contribution in [0.5, 0.6) is 0 Å². The molecular weight excluding hydrogens is 1400 g/mol. The predicted molar refractivity (Wildman–Crippen MR) is 445 cm³/mol. The lowest BCUT2D eigenvalue weighted by Gasteiger charge is -2.21. The van der Waals surface area contributed by atoms with Crippen molar-refractivity contribution in [3.63, 3.8) is 0 Å². The minimum atomic E-state index is -5.01. The molecule has 0 aliphatic heterocycles. The van der Waals surface area contributed by atoms with E-state index in [9.17, 15) is 43.2 Å². The van der Waals surface area contributed by atoms with Crippen molar-refractivity contribution < 1.29 is 80.2 Å². The number of ether oxygens (including phenoxy) is 4. The summed E-state index contributed by atoms with van der Waals surface area (Å²) in [7, 11) is -10.0. The lowest BCUT2D eigenvalue weighted by atomic mass is 10.1. The van der Waals surface area contributed by atoms with Crippen molar-refractivity contribution in [3.8, 4) is 0 Å². The summed E-state index contributed by atoms with van der Waals surface area (Å²) < 4.78 is 68.6. The minimum absolute atomic E-state index is 0.0546. The SMILES string of the molecule is CC/C=C\C/C=C\C/C=C\C/C=C\C/C=C\CC(=O)OCC(COP(=O)(O)OCC(O)COP(=O)(O)OCC(COC(=O)CCCCCCCC/C=C\C/C=C\C/C=C\CCCCC)OC(=O)CCCCCCCC/C=C\C/C=C\C/C=C\CCCCC)OC(=O)CCCCCCC/C=C\C/C=C\CCCCC. The maximum atomic E-state index is 13.1. The van der Waals surface area contributed by atoms with Crippen molar-refractivity contribution in [2.45, 2.75) is 341 Å². The number of allylic oxidation sites excluding steroid dienone is 25. The van der Waals surface area contributed by atoms with Gasteiger partial charge in [-0.25, -0.2) is 9.13 Å². The number of carbonyl (C=O) groups excluding carboxylic acids is 4. The van der Waals surface area contributed by atoms with Crippen molar-refractivity contribution >= 4 is 39.5 Å². The topological polar surface area (TPSA) is 237 Å². The molecule has 0 spiro atoms. The molecule has 0 aromatic rings. The van der Waals surface area contributed by atoms with Gasteiger partial charge in [0.25, 0.3) is 0 Å². The van der Waals surface area contributed by atoms with Crippen LogP contribution < -0.4 is 0 Å². The first kappa shape index (κ1) is 103. The van der Waals surface area contributed by atoms with Crippen molar-refractivity contribution in [1.82, 2.24) is 0 Å². The number of aliphatic hydroxyl groups excluding tert-OH is 1. The second kappa shape index (κ2) is 79.8. The molecule has 5 unspecified atom stereocenters. The number of hydrogen-bond acceptors (Lipinski definition) is 15. The fraction of sp³-hybridized carbons (Fsp3) is 0.663. The average Bonchev–Trinajstić information content (AvgIpc) is 0.899. The first-order valence-corrected chi connectivity index (χ1v) is 44.7. The molecule has 0 bridgehead atoms. The van der Waals surface area contributed by atoms with Gasteiger partial charge in [0.15, 0.2) is 12.2 Å². The third-order valence-electron chi connectivity index (χ3n) is 17.0. The molecule has 0 radical (unpaired) electrons. The minimum Gasteiger partial charge on any atom is -0.462 e. The molecule has 0 amide bonds. The Labute approximate surface area is 655 Å². The van der Waals surface area contributed by atoms with Crippen LogP contribution in [-0.4, -0.2) is 96.7 Å². The van der Waals surface area contributed by atoms with Crippen molar-refractivity contribution in [3.05, 3.63) is 158 Å². The quantitative estimate of drug-likeness (QED) is 0.0169. The summed E-state index contributed by atoms with van der Waals surface area (Å²) in [4.78, 5) is 73.1. The summed E-state index contributed by atoms with van der Waals surface area (Å²) in [6.07, 6.45) is 93.8. The molecule has 0 saturated heterocycles. The summed E-state index contributed by atoms with van der Waals surface area (Å²) in [6, 6.07) is 0. The molecule has 0 heterocycles. The smallest absolute Gasteiger partial charge is 0.462 e. The van der Waals surface area contributed by atoms with Crippen molar-refractivity contribution in [1.29, 1.82) is 0 Å². The van der Waals surface area contributed by atoms with E-state index in [1.807, 2.05) is 18.2 Å². The Hall–Kier alpha value is -5.32. The molecule has 0 aromatic carbocycles. The molecule has 0 saturated carbocycles. The zero-order valence-corrected chi connectivity index (χ0v) is 69.3. The second-order valence-electron chi connectivity index (χ2n) is 27.3. The molecule has 0 aliphatic rings. The number of hydrogen-bond donors (Lipinski definition) is 3. The number of esters is 4. The van der Waals surface area contributed by atoms with Gasteiger partial charge >= 0.3 is 39.5 Å². The summed E-state index contributed by atoms with van der Waals surface area (Å²) in [6.45, 7) is 4.53. The van der Waals surface area contributed by atoms with Crippen LogP contribution in [-0.2, 0) is 65.4 Å². The van der Waals surface area contributed by atoms with Gasteiger partial charge in [-0.3, -0.25) is 37.3 Å². The Kier molecular flexibility index (Phi) is 75.8. The van der Waals surface area contributed by atoms with E-state index < -0.39 is 97.5 Å². The second-order valence-corrected chi connectivity index (χ2v) is 30.2. The normalized spacial score (nSPS) is 14.6. The highest BCUT2D eigenvalue weighted by atomic mass is 31.2. The monoisotopic (exact) mass is 1550 g/mol. The third-order valence-corrected chi connectivity index (χ3v) is 18.9. The van der Waals surface area contributed by atoms with Crippen LogP contribution in [0.3, 0.4) is 0 Å². The highest BCUT2D eigenvalue weighted by molar-refractivity contribution is 7.47. The van der Waals surface area contributed by atoms with Gasteiger partial charge in [-0.2, -0.15) is 0 Å². The lowest BCUT2D eigenvalue weighted by Crippen LogP contribution is -2.30. The number of rotatable bonds is 77. The number of carbonyl (C=O) groups is 4. The Balaban J connectivity index is 5.48. The van der Waals surface area contributed by atoms with Crippen LogP contribution in [0.25, 0.3) is 0 Å². The summed E-state index contributed by atoms with van der Waals surface area (Å²) in [5.74, 6) is -2.37. The summed E-state index contributed by atoms with van der Waals surface area (Å²) in [5, 5.41) is 10.7. The van der Waals surface area contributed by atoms with Crippen LogP contribution in [0.2, 0.25) is 0 Å². The zero-order valence-electron chi connectivity index (χ0n) is 67.5. The summed E-state index contributed by atoms with van der Waals surface area (Å²) >= 11 is 0. The van der Waals surface area contributed by atoms with Crippen molar-refractivity contribution in [2.24, 2.45) is 0 Å². The van der Waals surface area contributed by atoms with Crippen LogP contribution >= 0.6 is 15.6 Å². The maximum Gasteiger partial charge on any atom is 0.472 e. The van der Waals surface area contributed by atoms with E-state index in [2.05, 4.69) is 161 Å². The molecule has 108 heavy (non-hydrogen) atoms. The summed E-state index contributed by atoms with van der Waals surface area (Å²) in [5.41, 5.74) is 0. The first-order chi connectivity index (χ1) is 52.7. The van der Waals surface area contributed by atoms with E-state index in [4.69, 9.17) is 37.0 Å². The molecule has 3 N–H and O–H groups in total. The van der Waals surface area contributed by atoms with Gasteiger partial charge in [-0.1, -0.05) is 295 Å². The molecule has 19 heteroatoms. The van der Waals surface area contributed by atoms with E-state index in [1.165, 1.54) is 57.8 Å². The number of phosphoric ester groups is 2. The Morgan fingerprint density at radius 1 is 0.278 bits per heavy atom. The van der Waals surface area contributed by atoms with Gasteiger partial charge < -0.3 is 33.8 Å². The maximum absolute atomic E-state index is 13.1. The van der Waals surface area contributed by atoms with E-state index >= 15 is 0 Å². The van der Waals surface area contributed by atoms with Crippen LogP contribution in [0.1, 0.15) is 323 Å². The predicted octanol–water partition coefficient (Wildman–Crippen LogP) is 24.8. The highest BCUT2D eigenvalue weighted by Crippen LogP contribution is 2.45. The largest absolute Gasteiger partial charge is 0.472 e. The van der Waals surface area contributed by atoms with Crippen LogP contribution in [0.15, 0.2) is 158 Å². The van der Waals surface area contributed by atoms with Gasteiger partial charge in [0, 0.05) is 19.3 Å². The molecule has 616 valence electrons. The Morgan fingerprint density at radius 2 is 0.519 bits per heavy atom. The lowest BCUT2D eigenvalue weighted by molar-refractivity contribution is -0.161. The molecule has 0 fully saturated rings. The molecular formula is C89H148O17P2. The van der Waals surface area contributed by atoms with Gasteiger partial charge in [0.2, 0.25) is 0 Å². The molecule has 0 aliphatic carbocycles. The number of unbranched alkanes of at least 4 members (excludes halogenated alkanes) is 26. The first-order valence-electron chi connectivity index (χ1n) is 41.7. The molecule has 17 nitrogen and oxygen atoms in total. The highest BCUT2D eigenvalue weighted by Gasteiger charge is 2.30. The van der Waals surface area contributed by atoms with E-state index in [0.29, 0.717) is 25.7 Å². The third kappa shape index (κ3) is 78.8. The number of aliphatic hydroxyl groups is 1. The van der Waals surface area contributed by atoms with Gasteiger partial charge in [0.05, 0.1) is 32.8 Å². The van der Waals surface area contributed by atoms with Gasteiger partial charge in [-0.05, 0) is 161 Å². The van der Waals surface area contributed by atoms with E-state index in [0.717, 1.165) is 186 Å². The fourth-order valence-corrected chi connectivity index (χ4v) is 12.2. The molecule has 0 rings (SSSR count). The number of phosphoric acid groups is 2. The van der Waals surface area contributed by atoms with Gasteiger partial charge in [0.1, 0.15) is 19.3 Å².